The summed E-state index contributed by atoms with van der Waals surface area (Å²) in [4.78, 5) is 25.1. The van der Waals surface area contributed by atoms with E-state index in [0.717, 1.165) is 11.1 Å². The second-order valence-electron chi connectivity index (χ2n) is 9.64. The standard InChI is InChI=1S/C28H35N3O6/c1-28(2,3)37-27(34)30-31(18-23-15-10-16-35-23)19-25(32)24(17-21-11-6-4-7-12-21)29-26(33)36-20-22-13-8-5-9-14-22/h4-16,24-25,32H,17-20H2,1-3H3,(H,29,33)(H,30,34)/t24-,25-/m0/s1. The van der Waals surface area contributed by atoms with Gasteiger partial charge in [-0.2, -0.15) is 0 Å². The molecule has 1 aromatic heterocycles. The summed E-state index contributed by atoms with van der Waals surface area (Å²) in [6, 6.07) is 21.6. The van der Waals surface area contributed by atoms with Crippen LogP contribution in [-0.4, -0.2) is 46.6 Å². The summed E-state index contributed by atoms with van der Waals surface area (Å²) >= 11 is 0. The Morgan fingerprint density at radius 2 is 1.59 bits per heavy atom. The van der Waals surface area contributed by atoms with E-state index in [1.54, 1.807) is 32.9 Å². The summed E-state index contributed by atoms with van der Waals surface area (Å²) in [5, 5.41) is 15.5. The zero-order chi connectivity index (χ0) is 26.7. The smallest absolute Gasteiger partial charge is 0.422 e. The molecular formula is C28H35N3O6. The molecule has 0 aliphatic carbocycles. The van der Waals surface area contributed by atoms with Crippen molar-refractivity contribution in [1.29, 1.82) is 0 Å². The van der Waals surface area contributed by atoms with E-state index in [4.69, 9.17) is 13.9 Å². The van der Waals surface area contributed by atoms with Gasteiger partial charge < -0.3 is 24.3 Å². The van der Waals surface area contributed by atoms with Gasteiger partial charge in [-0.3, -0.25) is 5.43 Å². The van der Waals surface area contributed by atoms with Crippen molar-refractivity contribution in [3.8, 4) is 0 Å². The minimum absolute atomic E-state index is 0.0175. The van der Waals surface area contributed by atoms with Gasteiger partial charge in [0.1, 0.15) is 18.0 Å². The normalized spacial score (nSPS) is 13.0. The average molecular weight is 510 g/mol. The molecule has 9 heteroatoms. The molecule has 0 saturated carbocycles. The fourth-order valence-electron chi connectivity index (χ4n) is 3.59. The number of aliphatic hydroxyl groups is 1. The van der Waals surface area contributed by atoms with E-state index in [1.807, 2.05) is 60.7 Å². The van der Waals surface area contributed by atoms with E-state index in [-0.39, 0.29) is 19.7 Å². The Kier molecular flexibility index (Phi) is 10.1. The van der Waals surface area contributed by atoms with Crippen molar-refractivity contribution < 1.29 is 28.6 Å². The van der Waals surface area contributed by atoms with Gasteiger partial charge in [0, 0.05) is 6.54 Å². The molecule has 0 aliphatic rings. The Morgan fingerprint density at radius 3 is 2.19 bits per heavy atom. The SMILES string of the molecule is CC(C)(C)OC(=O)NN(Cc1ccco1)C[C@H](O)[C@H](Cc1ccccc1)NC(=O)OCc1ccccc1. The predicted molar refractivity (Wildman–Crippen MR) is 138 cm³/mol. The molecule has 37 heavy (non-hydrogen) atoms. The van der Waals surface area contributed by atoms with Crippen LogP contribution in [0.15, 0.2) is 83.5 Å². The van der Waals surface area contributed by atoms with E-state index in [9.17, 15) is 14.7 Å². The number of benzene rings is 2. The molecule has 198 valence electrons. The number of hydrogen-bond donors (Lipinski definition) is 3. The van der Waals surface area contributed by atoms with Crippen LogP contribution in [0.3, 0.4) is 0 Å². The zero-order valence-electron chi connectivity index (χ0n) is 21.4. The Morgan fingerprint density at radius 1 is 0.946 bits per heavy atom. The lowest BCUT2D eigenvalue weighted by atomic mass is 10.0. The lowest BCUT2D eigenvalue weighted by Gasteiger charge is -2.30. The maximum atomic E-state index is 12.6. The van der Waals surface area contributed by atoms with E-state index in [1.165, 1.54) is 11.3 Å². The van der Waals surface area contributed by atoms with Crippen LogP contribution in [0.1, 0.15) is 37.7 Å². The number of hydrogen-bond acceptors (Lipinski definition) is 7. The second-order valence-corrected chi connectivity index (χ2v) is 9.64. The highest BCUT2D eigenvalue weighted by Crippen LogP contribution is 2.12. The van der Waals surface area contributed by atoms with Gasteiger partial charge in [0.2, 0.25) is 0 Å². The minimum atomic E-state index is -1.07. The molecule has 3 N–H and O–H groups in total. The van der Waals surface area contributed by atoms with Gasteiger partial charge in [-0.05, 0) is 50.5 Å². The highest BCUT2D eigenvalue weighted by Gasteiger charge is 2.27. The highest BCUT2D eigenvalue weighted by atomic mass is 16.6. The fraction of sp³-hybridized carbons (Fsp3) is 0.357. The molecule has 9 nitrogen and oxygen atoms in total. The first-order valence-corrected chi connectivity index (χ1v) is 12.1. The van der Waals surface area contributed by atoms with E-state index in [0.29, 0.717) is 12.2 Å². The number of furan rings is 1. The first-order chi connectivity index (χ1) is 17.7. The van der Waals surface area contributed by atoms with E-state index >= 15 is 0 Å². The lowest BCUT2D eigenvalue weighted by Crippen LogP contribution is -2.53. The van der Waals surface area contributed by atoms with Crippen LogP contribution in [0, 0.1) is 0 Å². The molecule has 0 radical (unpaired) electrons. The molecular weight excluding hydrogens is 474 g/mol. The molecule has 2 atom stereocenters. The molecule has 1 heterocycles. The second kappa shape index (κ2) is 13.5. The quantitative estimate of drug-likeness (QED) is 0.328. The number of nitrogens with zero attached hydrogens (tertiary/aromatic N) is 1. The number of ether oxygens (including phenoxy) is 2. The van der Waals surface area contributed by atoms with Crippen LogP contribution in [-0.2, 0) is 29.0 Å². The molecule has 2 aromatic carbocycles. The fourth-order valence-corrected chi connectivity index (χ4v) is 3.59. The van der Waals surface area contributed by atoms with Crippen LogP contribution in [0.2, 0.25) is 0 Å². The first kappa shape index (κ1) is 27.8. The van der Waals surface area contributed by atoms with Gasteiger partial charge in [0.15, 0.2) is 0 Å². The zero-order valence-corrected chi connectivity index (χ0v) is 21.4. The van der Waals surface area contributed by atoms with Crippen molar-refractivity contribution in [2.24, 2.45) is 0 Å². The number of hydrazine groups is 1. The number of aliphatic hydroxyl groups excluding tert-OH is 1. The van der Waals surface area contributed by atoms with Gasteiger partial charge in [0.05, 0.1) is 25.0 Å². The summed E-state index contributed by atoms with van der Waals surface area (Å²) in [6.45, 7) is 5.55. The summed E-state index contributed by atoms with van der Waals surface area (Å²) in [5.41, 5.74) is 3.75. The lowest BCUT2D eigenvalue weighted by molar-refractivity contribution is 0.0124. The van der Waals surface area contributed by atoms with Gasteiger partial charge >= 0.3 is 12.2 Å². The molecule has 0 bridgehead atoms. The van der Waals surface area contributed by atoms with Crippen LogP contribution in [0.25, 0.3) is 0 Å². The molecule has 0 unspecified atom stereocenters. The number of rotatable bonds is 11. The third kappa shape index (κ3) is 10.4. The Balaban J connectivity index is 1.70. The number of amides is 2. The Labute approximate surface area is 217 Å². The number of carbonyl (C=O) groups excluding carboxylic acids is 2. The molecule has 3 aromatic rings. The third-order valence-electron chi connectivity index (χ3n) is 5.26. The van der Waals surface area contributed by atoms with Crippen LogP contribution in [0.4, 0.5) is 9.59 Å². The molecule has 3 rings (SSSR count). The number of carbonyl (C=O) groups is 2. The van der Waals surface area contributed by atoms with Gasteiger partial charge in [-0.1, -0.05) is 60.7 Å². The Hall–Kier alpha value is -3.82. The van der Waals surface area contributed by atoms with Crippen LogP contribution < -0.4 is 10.7 Å². The monoisotopic (exact) mass is 509 g/mol. The van der Waals surface area contributed by atoms with E-state index < -0.39 is 29.9 Å². The van der Waals surface area contributed by atoms with Crippen molar-refractivity contribution in [2.45, 2.75) is 58.1 Å². The number of alkyl carbamates (subject to hydrolysis) is 1. The van der Waals surface area contributed by atoms with Crippen molar-refractivity contribution in [3.05, 3.63) is 95.9 Å². The maximum Gasteiger partial charge on any atom is 0.422 e. The summed E-state index contributed by atoms with van der Waals surface area (Å²) in [7, 11) is 0. The predicted octanol–water partition coefficient (Wildman–Crippen LogP) is 4.42. The van der Waals surface area contributed by atoms with Gasteiger partial charge in [0.25, 0.3) is 0 Å². The van der Waals surface area contributed by atoms with Crippen LogP contribution >= 0.6 is 0 Å². The van der Waals surface area contributed by atoms with Gasteiger partial charge in [-0.25, -0.2) is 14.6 Å². The summed E-state index contributed by atoms with van der Waals surface area (Å²) in [6.07, 6.45) is -0.513. The Bertz CT molecular complexity index is 1080. The van der Waals surface area contributed by atoms with E-state index in [2.05, 4.69) is 10.7 Å². The molecule has 0 saturated heterocycles. The van der Waals surface area contributed by atoms with Gasteiger partial charge in [-0.15, -0.1) is 0 Å². The largest absolute Gasteiger partial charge is 0.468 e. The third-order valence-corrected chi connectivity index (χ3v) is 5.26. The summed E-state index contributed by atoms with van der Waals surface area (Å²) < 4.78 is 16.2. The summed E-state index contributed by atoms with van der Waals surface area (Å²) in [5.74, 6) is 0.582. The van der Waals surface area contributed by atoms with Crippen molar-refractivity contribution in [1.82, 2.24) is 15.8 Å². The van der Waals surface area contributed by atoms with Crippen LogP contribution in [0.5, 0.6) is 0 Å². The first-order valence-electron chi connectivity index (χ1n) is 12.1. The average Bonchev–Trinajstić information content (AvgIpc) is 3.35. The molecule has 2 amide bonds. The van der Waals surface area contributed by atoms with Crippen molar-refractivity contribution in [3.63, 3.8) is 0 Å². The topological polar surface area (TPSA) is 113 Å². The number of nitrogens with one attached hydrogen (secondary N) is 2. The molecule has 0 spiro atoms. The molecule has 0 fully saturated rings. The van der Waals surface area contributed by atoms with Crippen molar-refractivity contribution in [2.75, 3.05) is 6.54 Å². The molecule has 0 aliphatic heterocycles. The maximum absolute atomic E-state index is 12.6. The minimum Gasteiger partial charge on any atom is -0.468 e. The van der Waals surface area contributed by atoms with Crippen molar-refractivity contribution >= 4 is 12.2 Å². The highest BCUT2D eigenvalue weighted by molar-refractivity contribution is 5.68.